The molecule has 3 nitrogen and oxygen atoms in total. The minimum atomic E-state index is 0.119. The molecule has 1 aliphatic rings. The molecule has 20 heavy (non-hydrogen) atoms. The summed E-state index contributed by atoms with van der Waals surface area (Å²) in [6, 6.07) is 10.6. The Morgan fingerprint density at radius 2 is 2.05 bits per heavy atom. The second-order valence-electron chi connectivity index (χ2n) is 4.97. The molecule has 0 bridgehead atoms. The van der Waals surface area contributed by atoms with E-state index in [4.69, 9.17) is 10.7 Å². The summed E-state index contributed by atoms with van der Waals surface area (Å²) in [5, 5.41) is 1.02. The Labute approximate surface area is 133 Å². The van der Waals surface area contributed by atoms with Crippen molar-refractivity contribution in [2.45, 2.75) is 25.9 Å². The van der Waals surface area contributed by atoms with Crippen molar-refractivity contribution < 1.29 is 0 Å². The van der Waals surface area contributed by atoms with Crippen molar-refractivity contribution in [3.8, 4) is 0 Å². The number of hydrogen-bond donors (Lipinski definition) is 1. The summed E-state index contributed by atoms with van der Waals surface area (Å²) >= 11 is 5.39. The normalized spacial score (nSPS) is 20.9. The Kier molecular flexibility index (Phi) is 5.29. The molecule has 0 saturated carbocycles. The molecule has 1 heterocycles. The van der Waals surface area contributed by atoms with Crippen LogP contribution in [0.2, 0.25) is 0 Å². The third kappa shape index (κ3) is 3.27. The third-order valence-electron chi connectivity index (χ3n) is 3.23. The first kappa shape index (κ1) is 15.6. The molecular weight excluding hydrogens is 334 g/mol. The highest BCUT2D eigenvalue weighted by molar-refractivity contribution is 9.11. The van der Waals surface area contributed by atoms with Gasteiger partial charge in [0, 0.05) is 22.6 Å². The van der Waals surface area contributed by atoms with Crippen LogP contribution >= 0.6 is 27.7 Å². The zero-order valence-corrected chi connectivity index (χ0v) is 14.4. The Morgan fingerprint density at radius 3 is 2.60 bits per heavy atom. The summed E-state index contributed by atoms with van der Waals surface area (Å²) in [6.45, 7) is 5.01. The summed E-state index contributed by atoms with van der Waals surface area (Å²) in [4.78, 5) is 7.07. The topological polar surface area (TPSA) is 41.6 Å². The lowest BCUT2D eigenvalue weighted by Gasteiger charge is -2.36. The molecule has 108 valence electrons. The van der Waals surface area contributed by atoms with Gasteiger partial charge in [0.2, 0.25) is 0 Å². The maximum absolute atomic E-state index is 5.96. The molecule has 0 aliphatic carbocycles. The first-order chi connectivity index (χ1) is 9.54. The molecule has 0 aromatic heterocycles. The van der Waals surface area contributed by atoms with Crippen molar-refractivity contribution in [1.29, 1.82) is 0 Å². The summed E-state index contributed by atoms with van der Waals surface area (Å²) in [5.74, 6) is 0. The fourth-order valence-electron chi connectivity index (χ4n) is 2.22. The number of nitrogens with zero attached hydrogens (tertiary/aromatic N) is 2. The zero-order chi connectivity index (χ0) is 14.7. The first-order valence-corrected chi connectivity index (χ1v) is 8.66. The van der Waals surface area contributed by atoms with Gasteiger partial charge in [0.25, 0.3) is 0 Å². The maximum Gasteiger partial charge on any atom is 0.164 e. The molecule has 2 unspecified atom stereocenters. The average molecular weight is 354 g/mol. The number of amidine groups is 1. The predicted octanol–water partition coefficient (Wildman–Crippen LogP) is 3.52. The van der Waals surface area contributed by atoms with Gasteiger partial charge in [-0.15, -0.1) is 0 Å². The van der Waals surface area contributed by atoms with E-state index >= 15 is 0 Å². The molecule has 0 fully saturated rings. The fraction of sp³-hybridized carbons (Fsp3) is 0.400. The number of halogens is 1. The van der Waals surface area contributed by atoms with E-state index in [9.17, 15) is 0 Å². The zero-order valence-electron chi connectivity index (χ0n) is 12.0. The molecular formula is C15H20BrN3S. The van der Waals surface area contributed by atoms with Gasteiger partial charge in [-0.2, -0.15) is 0 Å². The number of rotatable bonds is 3. The van der Waals surface area contributed by atoms with Gasteiger partial charge < -0.3 is 10.6 Å². The van der Waals surface area contributed by atoms with Gasteiger partial charge in [-0.25, -0.2) is 4.99 Å². The lowest BCUT2D eigenvalue weighted by atomic mass is 10.1. The van der Waals surface area contributed by atoms with Crippen molar-refractivity contribution in [3.63, 3.8) is 0 Å². The van der Waals surface area contributed by atoms with Gasteiger partial charge in [0.15, 0.2) is 5.17 Å². The smallest absolute Gasteiger partial charge is 0.164 e. The van der Waals surface area contributed by atoms with Crippen molar-refractivity contribution in [2.75, 3.05) is 12.8 Å². The first-order valence-electron chi connectivity index (χ1n) is 6.64. The van der Waals surface area contributed by atoms with Crippen molar-refractivity contribution >= 4 is 38.6 Å². The molecule has 2 rings (SSSR count). The van der Waals surface area contributed by atoms with Crippen LogP contribution in [0.4, 0.5) is 0 Å². The molecule has 0 radical (unpaired) electrons. The number of hydrogen-bond acceptors (Lipinski definition) is 4. The standard InChI is InChI=1S/C15H20BrN3S/c1-10(17)9-19-11(2)13(16)14(18-15(19)20-3)12-7-5-4-6-8-12/h4-8,10-11H,9,17H2,1-3H3. The summed E-state index contributed by atoms with van der Waals surface area (Å²) in [7, 11) is 0. The van der Waals surface area contributed by atoms with E-state index in [-0.39, 0.29) is 12.1 Å². The Hall–Kier alpha value is -0.780. The highest BCUT2D eigenvalue weighted by Crippen LogP contribution is 2.34. The summed E-state index contributed by atoms with van der Waals surface area (Å²) in [5.41, 5.74) is 8.11. The monoisotopic (exact) mass is 353 g/mol. The summed E-state index contributed by atoms with van der Waals surface area (Å²) in [6.07, 6.45) is 2.06. The quantitative estimate of drug-likeness (QED) is 0.903. The fourth-order valence-corrected chi connectivity index (χ4v) is 3.44. The highest BCUT2D eigenvalue weighted by Gasteiger charge is 2.28. The molecule has 5 heteroatoms. The molecule has 1 aliphatic heterocycles. The van der Waals surface area contributed by atoms with Crippen molar-refractivity contribution in [2.24, 2.45) is 10.7 Å². The van der Waals surface area contributed by atoms with Gasteiger partial charge in [-0.05, 0) is 20.1 Å². The Bertz CT molecular complexity index is 525. The van der Waals surface area contributed by atoms with Crippen LogP contribution in [0, 0.1) is 0 Å². The number of thioether (sulfide) groups is 1. The van der Waals surface area contributed by atoms with Gasteiger partial charge in [0.05, 0.1) is 11.7 Å². The second-order valence-corrected chi connectivity index (χ2v) is 6.59. The van der Waals surface area contributed by atoms with E-state index in [1.54, 1.807) is 11.8 Å². The van der Waals surface area contributed by atoms with E-state index < -0.39 is 0 Å². The van der Waals surface area contributed by atoms with Crippen LogP contribution in [0.15, 0.2) is 39.8 Å². The van der Waals surface area contributed by atoms with Crippen LogP contribution in [0.25, 0.3) is 5.70 Å². The summed E-state index contributed by atoms with van der Waals surface area (Å²) < 4.78 is 1.11. The van der Waals surface area contributed by atoms with E-state index in [0.717, 1.165) is 27.5 Å². The molecule has 1 aromatic carbocycles. The van der Waals surface area contributed by atoms with Gasteiger partial charge in [0.1, 0.15) is 0 Å². The molecule has 0 spiro atoms. The van der Waals surface area contributed by atoms with E-state index in [1.165, 1.54) is 0 Å². The van der Waals surface area contributed by atoms with Gasteiger partial charge in [-0.3, -0.25) is 0 Å². The van der Waals surface area contributed by atoms with Crippen LogP contribution in [0.3, 0.4) is 0 Å². The van der Waals surface area contributed by atoms with Crippen molar-refractivity contribution in [3.05, 3.63) is 40.4 Å². The van der Waals surface area contributed by atoms with Crippen LogP contribution in [-0.4, -0.2) is 35.0 Å². The minimum Gasteiger partial charge on any atom is -0.342 e. The molecule has 0 amide bonds. The molecule has 2 N–H and O–H groups in total. The van der Waals surface area contributed by atoms with Crippen LogP contribution in [-0.2, 0) is 0 Å². The van der Waals surface area contributed by atoms with Crippen LogP contribution < -0.4 is 5.73 Å². The van der Waals surface area contributed by atoms with Crippen molar-refractivity contribution in [1.82, 2.24) is 4.90 Å². The highest BCUT2D eigenvalue weighted by atomic mass is 79.9. The lowest BCUT2D eigenvalue weighted by Crippen LogP contribution is -2.45. The van der Waals surface area contributed by atoms with Gasteiger partial charge >= 0.3 is 0 Å². The predicted molar refractivity (Wildman–Crippen MR) is 93.1 cm³/mol. The second kappa shape index (κ2) is 6.78. The Balaban J connectivity index is 2.40. The Morgan fingerprint density at radius 1 is 1.40 bits per heavy atom. The third-order valence-corrected chi connectivity index (χ3v) is 4.96. The molecule has 1 aromatic rings. The number of benzene rings is 1. The van der Waals surface area contributed by atoms with E-state index in [0.29, 0.717) is 0 Å². The average Bonchev–Trinajstić information content (AvgIpc) is 2.45. The number of nitrogens with two attached hydrogens (primary N) is 1. The SMILES string of the molecule is CSC1=NC(c2ccccc2)=C(Br)C(C)N1CC(C)N. The molecule has 0 saturated heterocycles. The maximum atomic E-state index is 5.96. The number of aliphatic imine (C=N–C) groups is 1. The van der Waals surface area contributed by atoms with Crippen LogP contribution in [0.1, 0.15) is 19.4 Å². The molecule has 2 atom stereocenters. The minimum absolute atomic E-state index is 0.119. The lowest BCUT2D eigenvalue weighted by molar-refractivity contribution is 0.357. The van der Waals surface area contributed by atoms with Crippen LogP contribution in [0.5, 0.6) is 0 Å². The largest absolute Gasteiger partial charge is 0.342 e. The van der Waals surface area contributed by atoms with E-state index in [1.807, 2.05) is 25.1 Å². The van der Waals surface area contributed by atoms with Gasteiger partial charge in [-0.1, -0.05) is 58.0 Å². The van der Waals surface area contributed by atoms with E-state index in [2.05, 4.69) is 46.1 Å².